The lowest BCUT2D eigenvalue weighted by Crippen LogP contribution is -2.38. The maximum atomic E-state index is 9.94. The fourth-order valence-corrected chi connectivity index (χ4v) is 1.93. The van der Waals surface area contributed by atoms with Gasteiger partial charge < -0.3 is 25.8 Å². The molecule has 1 unspecified atom stereocenters. The molecule has 0 saturated carbocycles. The summed E-state index contributed by atoms with van der Waals surface area (Å²) in [5.74, 6) is 0.671. The maximum absolute atomic E-state index is 9.94. The molecule has 0 spiro atoms. The van der Waals surface area contributed by atoms with Crippen molar-refractivity contribution in [2.45, 2.75) is 12.6 Å². The van der Waals surface area contributed by atoms with Crippen LogP contribution < -0.4 is 10.5 Å². The number of aliphatic hydroxyl groups excluding tert-OH is 3. The maximum Gasteiger partial charge on any atom is 0.123 e. The predicted molar refractivity (Wildman–Crippen MR) is 76.4 cm³/mol. The number of hydrogen-bond donors (Lipinski definition) is 4. The van der Waals surface area contributed by atoms with Gasteiger partial charge >= 0.3 is 0 Å². The van der Waals surface area contributed by atoms with Gasteiger partial charge in [0.25, 0.3) is 0 Å². The quantitative estimate of drug-likeness (QED) is 0.448. The molecule has 0 aliphatic rings. The highest BCUT2D eigenvalue weighted by molar-refractivity contribution is 5.32. The Labute approximate surface area is 119 Å². The molecular weight excluding hydrogens is 260 g/mol. The molecule has 0 fully saturated rings. The third-order valence-corrected chi connectivity index (χ3v) is 2.93. The van der Waals surface area contributed by atoms with Crippen molar-refractivity contribution in [2.75, 3.05) is 39.5 Å². The minimum absolute atomic E-state index is 0.0103. The Hall–Kier alpha value is -1.18. The number of nitrogens with zero attached hydrogens (tertiary/aromatic N) is 1. The normalized spacial score (nSPS) is 12.7. The number of hydrogen-bond acceptors (Lipinski definition) is 6. The van der Waals surface area contributed by atoms with Gasteiger partial charge in [0.1, 0.15) is 18.5 Å². The molecule has 0 heterocycles. The van der Waals surface area contributed by atoms with Crippen molar-refractivity contribution in [1.82, 2.24) is 4.90 Å². The van der Waals surface area contributed by atoms with E-state index in [9.17, 15) is 5.11 Å². The average molecular weight is 284 g/mol. The van der Waals surface area contributed by atoms with Gasteiger partial charge in [0.15, 0.2) is 0 Å². The van der Waals surface area contributed by atoms with Gasteiger partial charge in [0.05, 0.1) is 13.2 Å². The molecule has 0 aliphatic heterocycles. The van der Waals surface area contributed by atoms with Gasteiger partial charge in [-0.05, 0) is 6.07 Å². The predicted octanol–water partition coefficient (Wildman–Crippen LogP) is -0.828. The van der Waals surface area contributed by atoms with Crippen LogP contribution in [-0.2, 0) is 6.54 Å². The molecule has 114 valence electrons. The van der Waals surface area contributed by atoms with E-state index >= 15 is 0 Å². The lowest BCUT2D eigenvalue weighted by Gasteiger charge is -2.23. The Morgan fingerprint density at radius 2 is 1.80 bits per heavy atom. The molecule has 0 radical (unpaired) electrons. The molecule has 0 saturated heterocycles. The second kappa shape index (κ2) is 9.68. The molecule has 0 amide bonds. The third-order valence-electron chi connectivity index (χ3n) is 2.93. The number of benzene rings is 1. The van der Waals surface area contributed by atoms with Gasteiger partial charge in [-0.2, -0.15) is 0 Å². The fraction of sp³-hybridized carbons (Fsp3) is 0.571. The summed E-state index contributed by atoms with van der Waals surface area (Å²) < 4.78 is 5.57. The van der Waals surface area contributed by atoms with Crippen LogP contribution >= 0.6 is 0 Å². The topological polar surface area (TPSA) is 99.2 Å². The van der Waals surface area contributed by atoms with Gasteiger partial charge in [0.2, 0.25) is 0 Å². The van der Waals surface area contributed by atoms with E-state index < -0.39 is 6.10 Å². The summed E-state index contributed by atoms with van der Waals surface area (Å²) in [5, 5.41) is 27.7. The first-order chi connectivity index (χ1) is 9.71. The third kappa shape index (κ3) is 5.85. The highest BCUT2D eigenvalue weighted by Crippen LogP contribution is 2.17. The summed E-state index contributed by atoms with van der Waals surface area (Å²) in [6.45, 7) is 1.67. The molecule has 1 aromatic carbocycles. The smallest absolute Gasteiger partial charge is 0.123 e. The summed E-state index contributed by atoms with van der Waals surface area (Å²) in [4.78, 5) is 1.78. The molecule has 0 bridgehead atoms. The van der Waals surface area contributed by atoms with E-state index in [4.69, 9.17) is 20.7 Å². The Morgan fingerprint density at radius 3 is 2.40 bits per heavy atom. The Bertz CT molecular complexity index is 370. The molecular formula is C14H24N2O4. The monoisotopic (exact) mass is 284 g/mol. The van der Waals surface area contributed by atoms with Gasteiger partial charge in [-0.3, -0.25) is 4.90 Å². The van der Waals surface area contributed by atoms with Gasteiger partial charge in [0, 0.05) is 31.7 Å². The van der Waals surface area contributed by atoms with Gasteiger partial charge in [-0.25, -0.2) is 0 Å². The van der Waals surface area contributed by atoms with Crippen LogP contribution in [0.1, 0.15) is 5.56 Å². The van der Waals surface area contributed by atoms with Crippen molar-refractivity contribution in [3.8, 4) is 5.75 Å². The molecule has 1 aromatic rings. The van der Waals surface area contributed by atoms with Crippen molar-refractivity contribution >= 4 is 0 Å². The molecule has 6 nitrogen and oxygen atoms in total. The number of rotatable bonds is 10. The minimum atomic E-state index is -0.695. The second-order valence-corrected chi connectivity index (χ2v) is 4.52. The summed E-state index contributed by atoms with van der Waals surface area (Å²) >= 11 is 0. The Morgan fingerprint density at radius 1 is 1.15 bits per heavy atom. The van der Waals surface area contributed by atoms with Crippen LogP contribution in [0.5, 0.6) is 5.75 Å². The van der Waals surface area contributed by atoms with E-state index in [-0.39, 0.29) is 19.8 Å². The van der Waals surface area contributed by atoms with Crippen LogP contribution in [0.4, 0.5) is 0 Å². The van der Waals surface area contributed by atoms with E-state index in [0.29, 0.717) is 31.9 Å². The van der Waals surface area contributed by atoms with Crippen molar-refractivity contribution in [2.24, 2.45) is 5.73 Å². The van der Waals surface area contributed by atoms with Crippen LogP contribution in [-0.4, -0.2) is 65.8 Å². The highest BCUT2D eigenvalue weighted by atomic mass is 16.5. The largest absolute Gasteiger partial charge is 0.491 e. The first kappa shape index (κ1) is 16.9. The molecule has 5 N–H and O–H groups in total. The molecule has 1 atom stereocenters. The van der Waals surface area contributed by atoms with Crippen molar-refractivity contribution in [1.29, 1.82) is 0 Å². The zero-order valence-corrected chi connectivity index (χ0v) is 11.6. The lowest BCUT2D eigenvalue weighted by molar-refractivity contribution is 0.0550. The molecule has 0 aliphatic carbocycles. The number of aliphatic hydroxyl groups is 3. The van der Waals surface area contributed by atoms with E-state index in [1.165, 1.54) is 0 Å². The second-order valence-electron chi connectivity index (χ2n) is 4.52. The standard InChI is InChI=1S/C14H24N2O4/c15-9-12-3-1-2-4-14(12)20-11-13(19)10-16(5-7-17)6-8-18/h1-4,13,17-19H,5-11,15H2. The molecule has 1 rings (SSSR count). The fourth-order valence-electron chi connectivity index (χ4n) is 1.93. The minimum Gasteiger partial charge on any atom is -0.491 e. The Balaban J connectivity index is 2.43. The van der Waals surface area contributed by atoms with Gasteiger partial charge in [-0.15, -0.1) is 0 Å². The number of nitrogens with two attached hydrogens (primary N) is 1. The zero-order chi connectivity index (χ0) is 14.8. The average Bonchev–Trinajstić information content (AvgIpc) is 2.46. The van der Waals surface area contributed by atoms with Crippen molar-refractivity contribution < 1.29 is 20.1 Å². The molecule has 20 heavy (non-hydrogen) atoms. The highest BCUT2D eigenvalue weighted by Gasteiger charge is 2.12. The van der Waals surface area contributed by atoms with E-state index in [0.717, 1.165) is 5.56 Å². The molecule has 6 heteroatoms. The number of para-hydroxylation sites is 1. The van der Waals surface area contributed by atoms with E-state index in [1.807, 2.05) is 24.3 Å². The first-order valence-corrected chi connectivity index (χ1v) is 6.74. The van der Waals surface area contributed by atoms with Crippen LogP contribution in [0.2, 0.25) is 0 Å². The van der Waals surface area contributed by atoms with Gasteiger partial charge in [-0.1, -0.05) is 18.2 Å². The summed E-state index contributed by atoms with van der Waals surface area (Å²) in [6.07, 6.45) is -0.695. The summed E-state index contributed by atoms with van der Waals surface area (Å²) in [6, 6.07) is 7.43. The van der Waals surface area contributed by atoms with E-state index in [1.54, 1.807) is 4.90 Å². The SMILES string of the molecule is NCc1ccccc1OCC(O)CN(CCO)CCO. The van der Waals surface area contributed by atoms with Crippen LogP contribution in [0.3, 0.4) is 0 Å². The summed E-state index contributed by atoms with van der Waals surface area (Å²) in [5.41, 5.74) is 6.50. The van der Waals surface area contributed by atoms with E-state index in [2.05, 4.69) is 0 Å². The van der Waals surface area contributed by atoms with Crippen LogP contribution in [0.15, 0.2) is 24.3 Å². The van der Waals surface area contributed by atoms with Crippen LogP contribution in [0, 0.1) is 0 Å². The van der Waals surface area contributed by atoms with Crippen molar-refractivity contribution in [3.05, 3.63) is 29.8 Å². The van der Waals surface area contributed by atoms with Crippen LogP contribution in [0.25, 0.3) is 0 Å². The van der Waals surface area contributed by atoms with Crippen molar-refractivity contribution in [3.63, 3.8) is 0 Å². The Kier molecular flexibility index (Phi) is 8.17. The first-order valence-electron chi connectivity index (χ1n) is 6.74. The lowest BCUT2D eigenvalue weighted by atomic mass is 10.2. The molecule has 0 aromatic heterocycles. The zero-order valence-electron chi connectivity index (χ0n) is 11.6. The summed E-state index contributed by atoms with van der Waals surface area (Å²) in [7, 11) is 0. The number of ether oxygens (including phenoxy) is 1.